The normalized spacial score (nSPS) is 17.6. The summed E-state index contributed by atoms with van der Waals surface area (Å²) in [5.41, 5.74) is 4.93. The van der Waals surface area contributed by atoms with Crippen molar-refractivity contribution in [2.24, 2.45) is 10.9 Å². The number of amidine groups is 1. The molecule has 3 aliphatic rings. The third kappa shape index (κ3) is 3.67. The smallest absolute Gasteiger partial charge is 0.324 e. The lowest BCUT2D eigenvalue weighted by Crippen LogP contribution is -2.10. The zero-order valence-corrected chi connectivity index (χ0v) is 16.6. The van der Waals surface area contributed by atoms with E-state index in [9.17, 15) is 4.39 Å². The summed E-state index contributed by atoms with van der Waals surface area (Å²) in [6, 6.07) is 5.57. The first-order valence-corrected chi connectivity index (χ1v) is 10.2. The molecule has 1 saturated carbocycles. The van der Waals surface area contributed by atoms with Crippen molar-refractivity contribution < 1.29 is 9.13 Å². The van der Waals surface area contributed by atoms with Gasteiger partial charge in [-0.05, 0) is 61.8 Å². The Morgan fingerprint density at radius 3 is 2.86 bits per heavy atom. The van der Waals surface area contributed by atoms with Crippen LogP contribution < -0.4 is 10.1 Å². The van der Waals surface area contributed by atoms with E-state index in [1.165, 1.54) is 18.4 Å². The Morgan fingerprint density at radius 2 is 2.07 bits per heavy atom. The number of nitrogens with one attached hydrogen (secondary N) is 1. The molecule has 1 aromatic heterocycles. The van der Waals surface area contributed by atoms with Crippen LogP contribution in [-0.4, -0.2) is 22.3 Å². The van der Waals surface area contributed by atoms with Crippen molar-refractivity contribution in [2.75, 3.05) is 11.9 Å². The Labute approximate surface area is 169 Å². The summed E-state index contributed by atoms with van der Waals surface area (Å²) in [6.45, 7) is 4.77. The third-order valence-corrected chi connectivity index (χ3v) is 5.53. The lowest BCUT2D eigenvalue weighted by atomic mass is 10.1. The van der Waals surface area contributed by atoms with Crippen LogP contribution >= 0.6 is 0 Å². The number of rotatable bonds is 5. The summed E-state index contributed by atoms with van der Waals surface area (Å²) < 4.78 is 20.7. The number of aryl methyl sites for hydroxylation is 1. The van der Waals surface area contributed by atoms with Gasteiger partial charge in [-0.2, -0.15) is 9.97 Å². The first-order valence-electron chi connectivity index (χ1n) is 10.2. The number of nitrogens with zero attached hydrogens (tertiary/aromatic N) is 3. The number of fused-ring (bicyclic) bond motifs is 1. The van der Waals surface area contributed by atoms with Crippen LogP contribution in [0.15, 0.2) is 40.4 Å². The maximum Gasteiger partial charge on any atom is 0.324 e. The van der Waals surface area contributed by atoms with E-state index in [-0.39, 0.29) is 17.6 Å². The summed E-state index contributed by atoms with van der Waals surface area (Å²) in [6.07, 6.45) is 8.01. The van der Waals surface area contributed by atoms with Gasteiger partial charge < -0.3 is 10.1 Å². The molecule has 1 fully saturated rings. The van der Waals surface area contributed by atoms with E-state index in [1.54, 1.807) is 6.07 Å². The predicted molar refractivity (Wildman–Crippen MR) is 112 cm³/mol. The molecule has 148 valence electrons. The molecule has 0 atom stereocenters. The van der Waals surface area contributed by atoms with E-state index in [0.29, 0.717) is 17.3 Å². The molecule has 0 radical (unpaired) electrons. The highest BCUT2D eigenvalue weighted by Crippen LogP contribution is 2.38. The van der Waals surface area contributed by atoms with Gasteiger partial charge in [-0.15, -0.1) is 0 Å². The first kappa shape index (κ1) is 18.0. The number of aromatic nitrogens is 2. The Balaban J connectivity index is 1.40. The summed E-state index contributed by atoms with van der Waals surface area (Å²) >= 11 is 0. The fourth-order valence-corrected chi connectivity index (χ4v) is 3.81. The Hall–Kier alpha value is -3.02. The molecule has 0 unspecified atom stereocenters. The van der Waals surface area contributed by atoms with E-state index in [4.69, 9.17) is 4.74 Å². The highest BCUT2D eigenvalue weighted by molar-refractivity contribution is 6.05. The quantitative estimate of drug-likeness (QED) is 0.772. The predicted octanol–water partition coefficient (Wildman–Crippen LogP) is 5.09. The van der Waals surface area contributed by atoms with Crippen molar-refractivity contribution in [1.82, 2.24) is 9.97 Å². The Kier molecular flexibility index (Phi) is 4.42. The van der Waals surface area contributed by atoms with Gasteiger partial charge in [0, 0.05) is 17.3 Å². The SMILES string of the molecule is CCc1cc(NC2=NCC(C3CC3)=C2)nc(Oc2ccc3c(c2F)C=C(C)C3)n1. The van der Waals surface area contributed by atoms with Crippen LogP contribution in [0, 0.1) is 11.7 Å². The molecular formula is C23H23FN4O. The van der Waals surface area contributed by atoms with E-state index in [2.05, 4.69) is 26.4 Å². The minimum Gasteiger partial charge on any atom is -0.421 e. The second-order valence-corrected chi connectivity index (χ2v) is 7.92. The molecule has 2 aliphatic carbocycles. The first-order chi connectivity index (χ1) is 14.1. The highest BCUT2D eigenvalue weighted by Gasteiger charge is 2.28. The van der Waals surface area contributed by atoms with Crippen molar-refractivity contribution in [3.8, 4) is 11.8 Å². The summed E-state index contributed by atoms with van der Waals surface area (Å²) in [4.78, 5) is 13.4. The maximum atomic E-state index is 14.9. The molecule has 2 heterocycles. The summed E-state index contributed by atoms with van der Waals surface area (Å²) in [5.74, 6) is 1.90. The molecule has 1 aromatic carbocycles. The summed E-state index contributed by atoms with van der Waals surface area (Å²) in [7, 11) is 0. The van der Waals surface area contributed by atoms with Crippen molar-refractivity contribution in [2.45, 2.75) is 39.5 Å². The zero-order chi connectivity index (χ0) is 20.0. The minimum absolute atomic E-state index is 0.134. The monoisotopic (exact) mass is 390 g/mol. The fraction of sp³-hybridized carbons (Fsp3) is 0.348. The molecule has 0 amide bonds. The number of hydrogen-bond donors (Lipinski definition) is 1. The Morgan fingerprint density at radius 1 is 1.21 bits per heavy atom. The number of halogens is 1. The van der Waals surface area contributed by atoms with Crippen molar-refractivity contribution in [3.63, 3.8) is 0 Å². The fourth-order valence-electron chi connectivity index (χ4n) is 3.81. The van der Waals surface area contributed by atoms with Crippen LogP contribution in [-0.2, 0) is 12.8 Å². The van der Waals surface area contributed by atoms with E-state index < -0.39 is 0 Å². The second kappa shape index (κ2) is 7.10. The average Bonchev–Trinajstić information content (AvgIpc) is 3.33. The minimum atomic E-state index is -0.364. The van der Waals surface area contributed by atoms with Crippen molar-refractivity contribution in [1.29, 1.82) is 0 Å². The van der Waals surface area contributed by atoms with Crippen LogP contribution in [0.2, 0.25) is 0 Å². The average molecular weight is 390 g/mol. The molecule has 0 bridgehead atoms. The van der Waals surface area contributed by atoms with Gasteiger partial charge in [0.25, 0.3) is 0 Å². The maximum absolute atomic E-state index is 14.9. The number of benzene rings is 1. The highest BCUT2D eigenvalue weighted by atomic mass is 19.1. The molecule has 6 heteroatoms. The third-order valence-electron chi connectivity index (χ3n) is 5.53. The van der Waals surface area contributed by atoms with Gasteiger partial charge in [-0.1, -0.05) is 24.6 Å². The standard InChI is InChI=1S/C23H23FN4O/c1-3-17-11-21(27-20-10-16(12-25-20)14-4-5-14)28-23(26-17)29-19-7-6-15-8-13(2)9-18(15)22(19)24/h6-7,9-11,14H,3-5,8,12H2,1-2H3,(H,25,26,27,28). The molecule has 29 heavy (non-hydrogen) atoms. The molecular weight excluding hydrogens is 367 g/mol. The zero-order valence-electron chi connectivity index (χ0n) is 16.6. The number of hydrogen-bond acceptors (Lipinski definition) is 5. The Bertz CT molecular complexity index is 1080. The number of aliphatic imine (C=N–C) groups is 1. The largest absolute Gasteiger partial charge is 0.421 e. The van der Waals surface area contributed by atoms with Gasteiger partial charge in [0.15, 0.2) is 11.6 Å². The van der Waals surface area contributed by atoms with Gasteiger partial charge in [-0.3, -0.25) is 4.99 Å². The van der Waals surface area contributed by atoms with Gasteiger partial charge in [0.05, 0.1) is 6.54 Å². The van der Waals surface area contributed by atoms with Crippen LogP contribution in [0.3, 0.4) is 0 Å². The summed E-state index contributed by atoms with van der Waals surface area (Å²) in [5, 5.41) is 3.26. The molecule has 5 nitrogen and oxygen atoms in total. The molecule has 0 saturated heterocycles. The lowest BCUT2D eigenvalue weighted by Gasteiger charge is -2.11. The number of allylic oxidation sites excluding steroid dienone is 1. The molecule has 1 N–H and O–H groups in total. The van der Waals surface area contributed by atoms with Gasteiger partial charge in [-0.25, -0.2) is 4.39 Å². The van der Waals surface area contributed by atoms with Crippen LogP contribution in [0.25, 0.3) is 6.08 Å². The lowest BCUT2D eigenvalue weighted by molar-refractivity contribution is 0.409. The second-order valence-electron chi connectivity index (χ2n) is 7.92. The van der Waals surface area contributed by atoms with Gasteiger partial charge >= 0.3 is 6.01 Å². The molecule has 0 spiro atoms. The van der Waals surface area contributed by atoms with E-state index >= 15 is 0 Å². The van der Waals surface area contributed by atoms with E-state index in [1.807, 2.05) is 32.1 Å². The van der Waals surface area contributed by atoms with Crippen LogP contribution in [0.1, 0.15) is 43.5 Å². The number of ether oxygens (including phenoxy) is 1. The van der Waals surface area contributed by atoms with E-state index in [0.717, 1.165) is 42.1 Å². The van der Waals surface area contributed by atoms with Crippen LogP contribution in [0.4, 0.5) is 10.2 Å². The molecule has 2 aromatic rings. The molecule has 1 aliphatic heterocycles. The topological polar surface area (TPSA) is 59.4 Å². The number of anilines is 1. The van der Waals surface area contributed by atoms with Crippen molar-refractivity contribution >= 4 is 17.7 Å². The van der Waals surface area contributed by atoms with Gasteiger partial charge in [0.1, 0.15) is 11.7 Å². The van der Waals surface area contributed by atoms with Crippen LogP contribution in [0.5, 0.6) is 11.8 Å². The van der Waals surface area contributed by atoms with Gasteiger partial charge in [0.2, 0.25) is 0 Å². The molecule has 5 rings (SSSR count). The van der Waals surface area contributed by atoms with Crippen molar-refractivity contribution in [3.05, 3.63) is 58.1 Å².